The van der Waals surface area contributed by atoms with Gasteiger partial charge in [-0.15, -0.1) is 0 Å². The van der Waals surface area contributed by atoms with Crippen LogP contribution in [0.4, 0.5) is 0 Å². The van der Waals surface area contributed by atoms with Crippen LogP contribution in [0.5, 0.6) is 5.75 Å². The van der Waals surface area contributed by atoms with Gasteiger partial charge < -0.3 is 14.1 Å². The Morgan fingerprint density at radius 2 is 1.69 bits per heavy atom. The van der Waals surface area contributed by atoms with Gasteiger partial charge in [-0.1, -0.05) is 34.1 Å². The monoisotopic (exact) mass is 496 g/mol. The summed E-state index contributed by atoms with van der Waals surface area (Å²) in [5.74, 6) is 1.47. The number of furan rings is 1. The van der Waals surface area contributed by atoms with Crippen molar-refractivity contribution >= 4 is 27.6 Å². The van der Waals surface area contributed by atoms with E-state index in [1.807, 2.05) is 17.0 Å². The maximum absolute atomic E-state index is 12.8. The van der Waals surface area contributed by atoms with Crippen molar-refractivity contribution in [2.75, 3.05) is 26.2 Å². The Balaban J connectivity index is 1.27. The van der Waals surface area contributed by atoms with Crippen molar-refractivity contribution in [2.24, 2.45) is 0 Å². The number of nitrogens with zero attached hydrogens (tertiary/aromatic N) is 2. The molecule has 0 unspecified atom stereocenters. The Morgan fingerprint density at radius 1 is 0.969 bits per heavy atom. The third-order valence-electron chi connectivity index (χ3n) is 5.53. The second-order valence-electron chi connectivity index (χ2n) is 7.79. The lowest BCUT2D eigenvalue weighted by molar-refractivity contribution is 0.0594. The number of amides is 1. The van der Waals surface area contributed by atoms with Gasteiger partial charge in [-0.25, -0.2) is 0 Å². The zero-order valence-corrected chi connectivity index (χ0v) is 19.5. The first-order valence-corrected chi connectivity index (χ1v) is 11.4. The molecule has 3 aromatic rings. The van der Waals surface area contributed by atoms with E-state index in [4.69, 9.17) is 9.15 Å². The number of benzene rings is 2. The van der Waals surface area contributed by atoms with Crippen molar-refractivity contribution in [1.82, 2.24) is 9.80 Å². The highest BCUT2D eigenvalue weighted by atomic mass is 79.9. The van der Waals surface area contributed by atoms with Crippen LogP contribution >= 0.6 is 15.9 Å². The number of Topliss-reactive ketones (excluding diaryl/α,β-unsaturated/α-hetero) is 1. The Morgan fingerprint density at radius 3 is 2.38 bits per heavy atom. The average molecular weight is 497 g/mol. The molecular formula is C25H25BrN2O4. The number of carbonyl (C=O) groups is 2. The van der Waals surface area contributed by atoms with Crippen molar-refractivity contribution in [3.63, 3.8) is 0 Å². The van der Waals surface area contributed by atoms with Crippen LogP contribution in [0, 0.1) is 0 Å². The maximum atomic E-state index is 12.8. The van der Waals surface area contributed by atoms with E-state index in [-0.39, 0.29) is 18.3 Å². The van der Waals surface area contributed by atoms with Crippen LogP contribution in [-0.4, -0.2) is 47.7 Å². The Kier molecular flexibility index (Phi) is 7.07. The summed E-state index contributed by atoms with van der Waals surface area (Å²) in [6.07, 6.45) is 0. The molecule has 166 valence electrons. The molecule has 0 radical (unpaired) electrons. The highest BCUT2D eigenvalue weighted by Crippen LogP contribution is 2.20. The largest absolute Gasteiger partial charge is 0.486 e. The van der Waals surface area contributed by atoms with Gasteiger partial charge in [0.25, 0.3) is 5.91 Å². The van der Waals surface area contributed by atoms with E-state index in [9.17, 15) is 9.59 Å². The fraction of sp³-hybridized carbons (Fsp3) is 0.280. The number of hydrogen-bond donors (Lipinski definition) is 0. The summed E-state index contributed by atoms with van der Waals surface area (Å²) in [7, 11) is 0. The molecule has 4 rings (SSSR count). The molecule has 1 aromatic heterocycles. The van der Waals surface area contributed by atoms with Gasteiger partial charge in [0.2, 0.25) is 0 Å². The van der Waals surface area contributed by atoms with E-state index in [1.165, 1.54) is 12.5 Å². The lowest BCUT2D eigenvalue weighted by Crippen LogP contribution is -2.48. The van der Waals surface area contributed by atoms with Gasteiger partial charge in [0.15, 0.2) is 11.5 Å². The lowest BCUT2D eigenvalue weighted by Gasteiger charge is -2.34. The van der Waals surface area contributed by atoms with Gasteiger partial charge in [0.05, 0.1) is 0 Å². The smallest absolute Gasteiger partial charge is 0.289 e. The molecule has 1 aliphatic rings. The molecule has 1 aliphatic heterocycles. The van der Waals surface area contributed by atoms with Crippen LogP contribution in [0.2, 0.25) is 0 Å². The minimum absolute atomic E-state index is 0.0134. The van der Waals surface area contributed by atoms with Gasteiger partial charge in [0.1, 0.15) is 18.1 Å². The molecule has 0 bridgehead atoms. The van der Waals surface area contributed by atoms with Gasteiger partial charge in [-0.2, -0.15) is 0 Å². The average Bonchev–Trinajstić information content (AvgIpc) is 3.29. The highest BCUT2D eigenvalue weighted by molar-refractivity contribution is 9.10. The second kappa shape index (κ2) is 10.1. The molecule has 0 aliphatic carbocycles. The molecule has 7 heteroatoms. The van der Waals surface area contributed by atoms with E-state index in [0.717, 1.165) is 24.1 Å². The highest BCUT2D eigenvalue weighted by Gasteiger charge is 2.24. The molecule has 32 heavy (non-hydrogen) atoms. The van der Waals surface area contributed by atoms with Crippen LogP contribution < -0.4 is 4.74 Å². The first-order valence-electron chi connectivity index (χ1n) is 10.6. The molecule has 0 saturated carbocycles. The number of carbonyl (C=O) groups excluding carboxylic acids is 2. The summed E-state index contributed by atoms with van der Waals surface area (Å²) in [5, 5.41) is 0. The van der Waals surface area contributed by atoms with Crippen LogP contribution in [0.3, 0.4) is 0 Å². The van der Waals surface area contributed by atoms with Crippen LogP contribution in [0.15, 0.2) is 69.6 Å². The Bertz CT molecular complexity index is 1090. The number of ether oxygens (including phenoxy) is 1. The molecule has 1 saturated heterocycles. The van der Waals surface area contributed by atoms with Crippen LogP contribution in [-0.2, 0) is 13.2 Å². The van der Waals surface area contributed by atoms with Gasteiger partial charge in [0, 0.05) is 42.8 Å². The summed E-state index contributed by atoms with van der Waals surface area (Å²) < 4.78 is 12.5. The van der Waals surface area contributed by atoms with Crippen LogP contribution in [0.25, 0.3) is 0 Å². The van der Waals surface area contributed by atoms with Crippen molar-refractivity contribution in [2.45, 2.75) is 20.1 Å². The standard InChI is InChI=1S/C25H25BrN2O4/c1-18(29)19-6-8-21(9-7-19)31-17-22-10-11-24(32-22)25(30)28-14-12-27(13-15-28)16-20-4-2-3-5-23(20)26/h2-11H,12-17H2,1H3. The third kappa shape index (κ3) is 5.47. The Hall–Kier alpha value is -2.90. The summed E-state index contributed by atoms with van der Waals surface area (Å²) in [4.78, 5) is 28.4. The topological polar surface area (TPSA) is 63.0 Å². The molecule has 6 nitrogen and oxygen atoms in total. The second-order valence-corrected chi connectivity index (χ2v) is 8.65. The van der Waals surface area contributed by atoms with E-state index >= 15 is 0 Å². The third-order valence-corrected chi connectivity index (χ3v) is 6.30. The van der Waals surface area contributed by atoms with Crippen molar-refractivity contribution in [3.8, 4) is 5.75 Å². The molecule has 0 spiro atoms. The van der Waals surface area contributed by atoms with Crippen molar-refractivity contribution in [1.29, 1.82) is 0 Å². The fourth-order valence-corrected chi connectivity index (χ4v) is 4.05. The van der Waals surface area contributed by atoms with Gasteiger partial charge in [-0.05, 0) is 55.0 Å². The number of hydrogen-bond acceptors (Lipinski definition) is 5. The Labute approximate surface area is 195 Å². The quantitative estimate of drug-likeness (QED) is 0.440. The van der Waals surface area contributed by atoms with Gasteiger partial charge >= 0.3 is 0 Å². The minimum atomic E-state index is -0.0948. The summed E-state index contributed by atoms with van der Waals surface area (Å²) in [6.45, 7) is 5.57. The number of ketones is 1. The van der Waals surface area contributed by atoms with Gasteiger partial charge in [-0.3, -0.25) is 14.5 Å². The number of rotatable bonds is 7. The summed E-state index contributed by atoms with van der Waals surface area (Å²) in [6, 6.07) is 18.6. The maximum Gasteiger partial charge on any atom is 0.289 e. The SMILES string of the molecule is CC(=O)c1ccc(OCc2ccc(C(=O)N3CCN(Cc4ccccc4Br)CC3)o2)cc1. The predicted octanol–water partition coefficient (Wildman–Crippen LogP) is 4.78. The zero-order valence-electron chi connectivity index (χ0n) is 17.9. The summed E-state index contributed by atoms with van der Waals surface area (Å²) in [5.41, 5.74) is 1.89. The fourth-order valence-electron chi connectivity index (χ4n) is 3.64. The molecule has 2 heterocycles. The molecule has 1 amide bonds. The molecule has 0 atom stereocenters. The van der Waals surface area contributed by atoms with E-state index in [1.54, 1.807) is 36.4 Å². The minimum Gasteiger partial charge on any atom is -0.486 e. The first-order chi connectivity index (χ1) is 15.5. The molecule has 0 N–H and O–H groups in total. The normalized spacial score (nSPS) is 14.4. The van der Waals surface area contributed by atoms with E-state index in [2.05, 4.69) is 33.0 Å². The number of halogens is 1. The van der Waals surface area contributed by atoms with Crippen LogP contribution in [0.1, 0.15) is 39.2 Å². The summed E-state index contributed by atoms with van der Waals surface area (Å²) >= 11 is 3.60. The molecule has 1 fully saturated rings. The molecular weight excluding hydrogens is 472 g/mol. The predicted molar refractivity (Wildman–Crippen MR) is 125 cm³/mol. The zero-order chi connectivity index (χ0) is 22.5. The number of piperazine rings is 1. The van der Waals surface area contributed by atoms with Crippen molar-refractivity contribution < 1.29 is 18.7 Å². The van der Waals surface area contributed by atoms with E-state index in [0.29, 0.717) is 35.9 Å². The van der Waals surface area contributed by atoms with E-state index < -0.39 is 0 Å². The first kappa shape index (κ1) is 22.3. The van der Waals surface area contributed by atoms with Crippen molar-refractivity contribution in [3.05, 3.63) is 87.8 Å². The lowest BCUT2D eigenvalue weighted by atomic mass is 10.1. The molecule has 2 aromatic carbocycles.